The Labute approximate surface area is 177 Å². The van der Waals surface area contributed by atoms with E-state index in [0.717, 1.165) is 11.3 Å². The van der Waals surface area contributed by atoms with Crippen molar-refractivity contribution >= 4 is 16.9 Å². The number of nitrogens with one attached hydrogen (secondary N) is 1. The molecule has 0 saturated carbocycles. The molecule has 2 aromatic carbocycles. The van der Waals surface area contributed by atoms with Crippen LogP contribution in [0.2, 0.25) is 0 Å². The average molecular weight is 411 g/mol. The lowest BCUT2D eigenvalue weighted by atomic mass is 10.1. The zero-order chi connectivity index (χ0) is 21.2. The van der Waals surface area contributed by atoms with Gasteiger partial charge >= 0.3 is 0 Å². The Bertz CT molecular complexity index is 1360. The highest BCUT2D eigenvalue weighted by Crippen LogP contribution is 2.30. The molecule has 31 heavy (non-hydrogen) atoms. The van der Waals surface area contributed by atoms with Crippen LogP contribution in [0.3, 0.4) is 0 Å². The van der Waals surface area contributed by atoms with E-state index in [-0.39, 0.29) is 12.5 Å². The van der Waals surface area contributed by atoms with Gasteiger partial charge in [-0.3, -0.25) is 14.8 Å². The second kappa shape index (κ2) is 7.83. The van der Waals surface area contributed by atoms with Crippen molar-refractivity contribution in [1.29, 1.82) is 0 Å². The first kappa shape index (κ1) is 18.7. The second-order valence-corrected chi connectivity index (χ2v) is 6.98. The molecule has 0 spiro atoms. The summed E-state index contributed by atoms with van der Waals surface area (Å²) in [6, 6.07) is 14.7. The summed E-state index contributed by atoms with van der Waals surface area (Å²) in [5.74, 6) is 0.251. The number of carbonyl (C=O) groups excluding carboxylic acids is 1. The zero-order valence-corrected chi connectivity index (χ0v) is 16.6. The lowest BCUT2D eigenvalue weighted by Crippen LogP contribution is -2.23. The molecule has 152 valence electrons. The highest BCUT2D eigenvalue weighted by molar-refractivity contribution is 6.00. The summed E-state index contributed by atoms with van der Waals surface area (Å²) >= 11 is 0. The summed E-state index contributed by atoms with van der Waals surface area (Å²) in [5.41, 5.74) is 4.44. The fourth-order valence-corrected chi connectivity index (χ4v) is 3.14. The monoisotopic (exact) mass is 411 g/mol. The van der Waals surface area contributed by atoms with Crippen LogP contribution in [-0.2, 0) is 6.54 Å². The molecule has 8 nitrogen and oxygen atoms in total. The third-order valence-corrected chi connectivity index (χ3v) is 4.76. The van der Waals surface area contributed by atoms with Crippen molar-refractivity contribution < 1.29 is 13.7 Å². The Hall–Kier alpha value is -4.33. The Kier molecular flexibility index (Phi) is 4.72. The number of rotatable bonds is 5. The Morgan fingerprint density at radius 3 is 2.74 bits per heavy atom. The highest BCUT2D eigenvalue weighted by atomic mass is 16.5. The topological polar surface area (TPSA) is 107 Å². The number of carbonyl (C=O) groups is 1. The van der Waals surface area contributed by atoms with Crippen molar-refractivity contribution in [1.82, 2.24) is 25.4 Å². The molecule has 0 radical (unpaired) electrons. The average Bonchev–Trinajstić information content (AvgIpc) is 3.46. The van der Waals surface area contributed by atoms with E-state index in [2.05, 4.69) is 25.4 Å². The van der Waals surface area contributed by atoms with Gasteiger partial charge in [0.2, 0.25) is 5.89 Å². The van der Waals surface area contributed by atoms with E-state index >= 15 is 0 Å². The van der Waals surface area contributed by atoms with Crippen molar-refractivity contribution in [2.45, 2.75) is 13.5 Å². The van der Waals surface area contributed by atoms with Crippen molar-refractivity contribution in [2.75, 3.05) is 0 Å². The highest BCUT2D eigenvalue weighted by Gasteiger charge is 2.17. The predicted molar refractivity (Wildman–Crippen MR) is 113 cm³/mol. The number of aryl methyl sites for hydroxylation is 1. The minimum absolute atomic E-state index is 0.235. The van der Waals surface area contributed by atoms with Crippen molar-refractivity contribution in [3.8, 4) is 22.8 Å². The number of hydrogen-bond donors (Lipinski definition) is 1. The summed E-state index contributed by atoms with van der Waals surface area (Å²) in [5, 5.41) is 7.65. The number of nitrogens with zero attached hydrogens (tertiary/aromatic N) is 4. The van der Waals surface area contributed by atoms with Gasteiger partial charge in [-0.2, -0.15) is 0 Å². The maximum atomic E-state index is 12.6. The first-order chi connectivity index (χ1) is 15.2. The van der Waals surface area contributed by atoms with Gasteiger partial charge in [0.15, 0.2) is 5.58 Å². The molecule has 0 aliphatic heterocycles. The Morgan fingerprint density at radius 1 is 1.06 bits per heavy atom. The van der Waals surface area contributed by atoms with Crippen LogP contribution in [-0.4, -0.2) is 26.0 Å². The SMILES string of the molecule is Cc1cnc(CNC(=O)c2ccc3onc(-c4coc(-c5ccccc5)n4)c3c2)cn1. The first-order valence-corrected chi connectivity index (χ1v) is 9.64. The largest absolute Gasteiger partial charge is 0.444 e. The van der Waals surface area contributed by atoms with E-state index in [9.17, 15) is 4.79 Å². The van der Waals surface area contributed by atoms with Gasteiger partial charge in [-0.25, -0.2) is 4.98 Å². The fraction of sp³-hybridized carbons (Fsp3) is 0.0870. The number of fused-ring (bicyclic) bond motifs is 1. The molecule has 0 aliphatic rings. The molecule has 0 aliphatic carbocycles. The zero-order valence-electron chi connectivity index (χ0n) is 16.6. The van der Waals surface area contributed by atoms with Crippen LogP contribution in [0.15, 0.2) is 76.1 Å². The minimum atomic E-state index is -0.235. The molecule has 1 amide bonds. The lowest BCUT2D eigenvalue weighted by molar-refractivity contribution is 0.0950. The van der Waals surface area contributed by atoms with Crippen molar-refractivity contribution in [3.05, 3.63) is 84.1 Å². The number of amides is 1. The molecule has 3 aromatic heterocycles. The summed E-state index contributed by atoms with van der Waals surface area (Å²) in [4.78, 5) is 25.6. The fourth-order valence-electron chi connectivity index (χ4n) is 3.14. The van der Waals surface area contributed by atoms with Crippen LogP contribution in [0.25, 0.3) is 33.8 Å². The molecule has 8 heteroatoms. The Balaban J connectivity index is 1.40. The van der Waals surface area contributed by atoms with Crippen molar-refractivity contribution in [3.63, 3.8) is 0 Å². The van der Waals surface area contributed by atoms with Crippen LogP contribution in [0.4, 0.5) is 0 Å². The number of aromatic nitrogens is 4. The summed E-state index contributed by atoms with van der Waals surface area (Å²) in [7, 11) is 0. The van der Waals surface area contributed by atoms with Crippen LogP contribution in [0.1, 0.15) is 21.7 Å². The summed E-state index contributed by atoms with van der Waals surface area (Å²) in [6.07, 6.45) is 4.84. The van der Waals surface area contributed by atoms with Gasteiger partial charge in [-0.1, -0.05) is 23.4 Å². The number of hydrogen-bond acceptors (Lipinski definition) is 7. The number of oxazole rings is 1. The molecule has 0 fully saturated rings. The van der Waals surface area contributed by atoms with Crippen LogP contribution in [0.5, 0.6) is 0 Å². The quantitative estimate of drug-likeness (QED) is 0.462. The standard InChI is InChI=1S/C23H17N5O3/c1-14-10-25-17(11-24-14)12-26-22(29)16-7-8-20-18(9-16)21(28-31-20)19-13-30-23(27-19)15-5-3-2-4-6-15/h2-11,13H,12H2,1H3,(H,26,29). The van der Waals surface area contributed by atoms with E-state index < -0.39 is 0 Å². The summed E-state index contributed by atoms with van der Waals surface area (Å²) in [6.45, 7) is 2.14. The Morgan fingerprint density at radius 2 is 1.94 bits per heavy atom. The molecule has 3 heterocycles. The molecular formula is C23H17N5O3. The minimum Gasteiger partial charge on any atom is -0.444 e. The molecule has 5 rings (SSSR count). The molecular weight excluding hydrogens is 394 g/mol. The van der Waals surface area contributed by atoms with Crippen LogP contribution in [0, 0.1) is 6.92 Å². The number of benzene rings is 2. The van der Waals surface area contributed by atoms with Gasteiger partial charge in [-0.15, -0.1) is 0 Å². The summed E-state index contributed by atoms with van der Waals surface area (Å²) < 4.78 is 11.0. The first-order valence-electron chi connectivity index (χ1n) is 9.64. The van der Waals surface area contributed by atoms with Gasteiger partial charge in [0, 0.05) is 17.3 Å². The molecule has 0 unspecified atom stereocenters. The third kappa shape index (κ3) is 3.78. The smallest absolute Gasteiger partial charge is 0.251 e. The predicted octanol–water partition coefficient (Wildman–Crippen LogP) is 4.18. The van der Waals surface area contributed by atoms with Gasteiger partial charge in [0.05, 0.1) is 29.5 Å². The maximum absolute atomic E-state index is 12.6. The molecule has 5 aromatic rings. The van der Waals surface area contributed by atoms with Crippen LogP contribution >= 0.6 is 0 Å². The van der Waals surface area contributed by atoms with Gasteiger partial charge < -0.3 is 14.3 Å². The van der Waals surface area contributed by atoms with E-state index in [0.29, 0.717) is 39.5 Å². The molecule has 0 saturated heterocycles. The lowest BCUT2D eigenvalue weighted by Gasteiger charge is -2.05. The normalized spacial score (nSPS) is 11.0. The third-order valence-electron chi connectivity index (χ3n) is 4.76. The van der Waals surface area contributed by atoms with Gasteiger partial charge in [-0.05, 0) is 37.3 Å². The second-order valence-electron chi connectivity index (χ2n) is 6.98. The van der Waals surface area contributed by atoms with Crippen LogP contribution < -0.4 is 5.32 Å². The maximum Gasteiger partial charge on any atom is 0.251 e. The van der Waals surface area contributed by atoms with E-state index in [1.165, 1.54) is 6.26 Å². The van der Waals surface area contributed by atoms with E-state index in [4.69, 9.17) is 8.94 Å². The van der Waals surface area contributed by atoms with E-state index in [1.807, 2.05) is 37.3 Å². The van der Waals surface area contributed by atoms with Gasteiger partial charge in [0.1, 0.15) is 17.7 Å². The molecule has 0 bridgehead atoms. The van der Waals surface area contributed by atoms with E-state index in [1.54, 1.807) is 30.6 Å². The molecule has 1 N–H and O–H groups in total. The van der Waals surface area contributed by atoms with Gasteiger partial charge in [0.25, 0.3) is 5.91 Å². The molecule has 0 atom stereocenters. The van der Waals surface area contributed by atoms with Crippen molar-refractivity contribution in [2.24, 2.45) is 0 Å².